The third-order valence-corrected chi connectivity index (χ3v) is 3.12. The van der Waals surface area contributed by atoms with Crippen LogP contribution < -0.4 is 11.2 Å². The number of H-pyrrole nitrogens is 2. The van der Waals surface area contributed by atoms with Crippen LogP contribution in [-0.2, 0) is 6.18 Å². The molecular formula is C13H9F3N4O2. The number of nitrogens with zero attached hydrogens (tertiary/aromatic N) is 2. The Hall–Kier alpha value is -2.84. The minimum atomic E-state index is -4.66. The molecule has 0 aliphatic rings. The van der Waals surface area contributed by atoms with E-state index in [1.165, 1.54) is 19.1 Å². The summed E-state index contributed by atoms with van der Waals surface area (Å²) >= 11 is 0. The van der Waals surface area contributed by atoms with E-state index in [1.54, 1.807) is 0 Å². The molecule has 0 aliphatic carbocycles. The second-order valence-electron chi connectivity index (χ2n) is 4.63. The van der Waals surface area contributed by atoms with Crippen LogP contribution in [0.3, 0.4) is 0 Å². The minimum Gasteiger partial charge on any atom is -0.309 e. The molecule has 0 bridgehead atoms. The molecule has 1 aromatic carbocycles. The molecule has 0 amide bonds. The maximum absolute atomic E-state index is 13.1. The Bertz CT molecular complexity index is 981. The van der Waals surface area contributed by atoms with Crippen LogP contribution >= 0.6 is 0 Å². The van der Waals surface area contributed by atoms with E-state index in [0.717, 1.165) is 12.1 Å². The third-order valence-electron chi connectivity index (χ3n) is 3.12. The predicted molar refractivity (Wildman–Crippen MR) is 72.1 cm³/mol. The van der Waals surface area contributed by atoms with Crippen molar-refractivity contribution in [1.82, 2.24) is 19.5 Å². The first kappa shape index (κ1) is 14.1. The molecule has 0 atom stereocenters. The average Bonchev–Trinajstić information content (AvgIpc) is 2.74. The molecule has 3 aromatic rings. The highest BCUT2D eigenvalue weighted by molar-refractivity contribution is 5.72. The Labute approximate surface area is 120 Å². The summed E-state index contributed by atoms with van der Waals surface area (Å²) in [6.45, 7) is 1.50. The molecule has 3 rings (SSSR count). The van der Waals surface area contributed by atoms with Crippen LogP contribution in [0.2, 0.25) is 0 Å². The molecule has 2 N–H and O–H groups in total. The lowest BCUT2D eigenvalue weighted by molar-refractivity contribution is -0.137. The Kier molecular flexibility index (Phi) is 2.94. The molecule has 0 fully saturated rings. The summed E-state index contributed by atoms with van der Waals surface area (Å²) in [4.78, 5) is 32.6. The average molecular weight is 310 g/mol. The molecule has 6 nitrogen and oxygen atoms in total. The van der Waals surface area contributed by atoms with Crippen LogP contribution in [-0.4, -0.2) is 19.5 Å². The normalized spacial score (nSPS) is 12.0. The first-order valence-electron chi connectivity index (χ1n) is 6.17. The van der Waals surface area contributed by atoms with Crippen LogP contribution in [0.25, 0.3) is 16.9 Å². The van der Waals surface area contributed by atoms with Crippen LogP contribution in [0.4, 0.5) is 13.2 Å². The Balaban J connectivity index is 2.45. The van der Waals surface area contributed by atoms with Crippen LogP contribution in [0, 0.1) is 6.92 Å². The number of hydrogen-bond donors (Lipinski definition) is 2. The van der Waals surface area contributed by atoms with Gasteiger partial charge < -0.3 is 4.98 Å². The first-order valence-corrected chi connectivity index (χ1v) is 6.17. The number of fused-ring (bicyclic) bond motifs is 1. The maximum atomic E-state index is 13.1. The number of aryl methyl sites for hydroxylation is 1. The zero-order valence-corrected chi connectivity index (χ0v) is 11.2. The Morgan fingerprint density at radius 2 is 1.82 bits per heavy atom. The lowest BCUT2D eigenvalue weighted by Gasteiger charge is -2.12. The number of alkyl halides is 3. The van der Waals surface area contributed by atoms with Crippen molar-refractivity contribution in [1.29, 1.82) is 0 Å². The van der Waals surface area contributed by atoms with E-state index in [0.29, 0.717) is 4.57 Å². The summed E-state index contributed by atoms with van der Waals surface area (Å²) in [6, 6.07) is 4.53. The number of halogens is 3. The van der Waals surface area contributed by atoms with Crippen LogP contribution in [0.15, 0.2) is 33.9 Å². The van der Waals surface area contributed by atoms with Crippen molar-refractivity contribution in [2.45, 2.75) is 13.1 Å². The van der Waals surface area contributed by atoms with Crippen molar-refractivity contribution in [3.05, 3.63) is 56.5 Å². The van der Waals surface area contributed by atoms with Crippen LogP contribution in [0.1, 0.15) is 11.4 Å². The Morgan fingerprint density at radius 3 is 2.50 bits per heavy atom. The van der Waals surface area contributed by atoms with Gasteiger partial charge in [0.05, 0.1) is 11.3 Å². The lowest BCUT2D eigenvalue weighted by atomic mass is 10.1. The van der Waals surface area contributed by atoms with E-state index in [2.05, 4.69) is 15.0 Å². The summed E-state index contributed by atoms with van der Waals surface area (Å²) in [6.07, 6.45) is -4.66. The molecule has 0 aliphatic heterocycles. The number of aromatic nitrogens is 4. The summed E-state index contributed by atoms with van der Waals surface area (Å²) in [5.41, 5.74) is -3.33. The first-order chi connectivity index (χ1) is 10.3. The van der Waals surface area contributed by atoms with E-state index < -0.39 is 28.7 Å². The van der Waals surface area contributed by atoms with Gasteiger partial charge in [-0.15, -0.1) is 0 Å². The minimum absolute atomic E-state index is 0.0665. The fourth-order valence-electron chi connectivity index (χ4n) is 2.27. The molecule has 0 spiro atoms. The summed E-state index contributed by atoms with van der Waals surface area (Å²) < 4.78 is 40.0. The number of para-hydroxylation sites is 1. The van der Waals surface area contributed by atoms with E-state index in [4.69, 9.17) is 0 Å². The van der Waals surface area contributed by atoms with Gasteiger partial charge in [0.1, 0.15) is 5.82 Å². The highest BCUT2D eigenvalue weighted by Gasteiger charge is 2.34. The van der Waals surface area contributed by atoms with Gasteiger partial charge in [-0.1, -0.05) is 12.1 Å². The van der Waals surface area contributed by atoms with E-state index in [-0.39, 0.29) is 17.0 Å². The lowest BCUT2D eigenvalue weighted by Crippen LogP contribution is -2.22. The van der Waals surface area contributed by atoms with Gasteiger partial charge in [-0.05, 0) is 19.1 Å². The topological polar surface area (TPSA) is 83.5 Å². The second-order valence-corrected chi connectivity index (χ2v) is 4.63. The van der Waals surface area contributed by atoms with Crippen molar-refractivity contribution in [3.63, 3.8) is 0 Å². The number of aromatic amines is 2. The van der Waals surface area contributed by atoms with Gasteiger partial charge in [-0.3, -0.25) is 14.3 Å². The third kappa shape index (κ3) is 2.10. The number of rotatable bonds is 1. The number of benzene rings is 1. The van der Waals surface area contributed by atoms with Crippen LogP contribution in [0.5, 0.6) is 0 Å². The predicted octanol–water partition coefficient (Wildman–Crippen LogP) is 1.73. The SMILES string of the molecule is Cc1nc2[nH]c(=O)n(-c3ccccc3C(F)(F)F)c2c(=O)[nH]1. The van der Waals surface area contributed by atoms with Crippen molar-refractivity contribution < 1.29 is 13.2 Å². The summed E-state index contributed by atoms with van der Waals surface area (Å²) in [5.74, 6) is 0.245. The monoisotopic (exact) mass is 310 g/mol. The van der Waals surface area contributed by atoms with Crippen molar-refractivity contribution in [2.24, 2.45) is 0 Å². The summed E-state index contributed by atoms with van der Waals surface area (Å²) in [7, 11) is 0. The van der Waals surface area contributed by atoms with Gasteiger partial charge >= 0.3 is 11.9 Å². The molecule has 0 saturated carbocycles. The van der Waals surface area contributed by atoms with Crippen molar-refractivity contribution in [2.75, 3.05) is 0 Å². The van der Waals surface area contributed by atoms with Gasteiger partial charge in [0, 0.05) is 0 Å². The molecule has 9 heteroatoms. The number of nitrogens with one attached hydrogen (secondary N) is 2. The molecule has 114 valence electrons. The fraction of sp³-hybridized carbons (Fsp3) is 0.154. The van der Waals surface area contributed by atoms with Crippen molar-refractivity contribution >= 4 is 11.2 Å². The van der Waals surface area contributed by atoms with E-state index >= 15 is 0 Å². The Morgan fingerprint density at radius 1 is 1.14 bits per heavy atom. The van der Waals surface area contributed by atoms with Gasteiger partial charge in [0.15, 0.2) is 11.2 Å². The standard InChI is InChI=1S/C13H9F3N4O2/c1-6-17-10-9(11(21)18-6)20(12(22)19-10)8-5-3-2-4-7(8)13(14,15)16/h2-5H,1H3,(H2,17,18,19,21,22). The maximum Gasteiger partial charge on any atom is 0.418 e. The molecule has 0 unspecified atom stereocenters. The summed E-state index contributed by atoms with van der Waals surface area (Å²) in [5, 5.41) is 0. The molecule has 22 heavy (non-hydrogen) atoms. The fourth-order valence-corrected chi connectivity index (χ4v) is 2.27. The smallest absolute Gasteiger partial charge is 0.309 e. The van der Waals surface area contributed by atoms with Gasteiger partial charge in [0.2, 0.25) is 0 Å². The van der Waals surface area contributed by atoms with E-state index in [9.17, 15) is 22.8 Å². The number of hydrogen-bond acceptors (Lipinski definition) is 3. The molecular weight excluding hydrogens is 301 g/mol. The van der Waals surface area contributed by atoms with E-state index in [1.807, 2.05) is 0 Å². The number of imidazole rings is 1. The zero-order chi connectivity index (χ0) is 16.1. The molecule has 2 heterocycles. The molecule has 0 saturated heterocycles. The van der Waals surface area contributed by atoms with Crippen molar-refractivity contribution in [3.8, 4) is 5.69 Å². The highest BCUT2D eigenvalue weighted by atomic mass is 19.4. The second kappa shape index (κ2) is 4.58. The van der Waals surface area contributed by atoms with Gasteiger partial charge in [-0.25, -0.2) is 9.78 Å². The highest BCUT2D eigenvalue weighted by Crippen LogP contribution is 2.33. The largest absolute Gasteiger partial charge is 0.418 e. The van der Waals surface area contributed by atoms with Gasteiger partial charge in [-0.2, -0.15) is 13.2 Å². The van der Waals surface area contributed by atoms with Gasteiger partial charge in [0.25, 0.3) is 5.56 Å². The molecule has 0 radical (unpaired) electrons. The quantitative estimate of drug-likeness (QED) is 0.718. The zero-order valence-electron chi connectivity index (χ0n) is 11.2. The molecule has 2 aromatic heterocycles.